The van der Waals surface area contributed by atoms with Gasteiger partial charge in [-0.05, 0) is 6.42 Å². The molecule has 1 fully saturated rings. The van der Waals surface area contributed by atoms with E-state index in [1.54, 1.807) is 6.92 Å². The molecule has 2 heterocycles. The Kier molecular flexibility index (Phi) is 3.91. The van der Waals surface area contributed by atoms with Crippen molar-refractivity contribution in [2.45, 2.75) is 37.9 Å². The van der Waals surface area contributed by atoms with Gasteiger partial charge < -0.3 is 29.7 Å². The van der Waals surface area contributed by atoms with Crippen LogP contribution in [-0.4, -0.2) is 49.9 Å². The normalized spacial score (nSPS) is 30.7. The van der Waals surface area contributed by atoms with E-state index in [1.807, 2.05) is 0 Å². The Morgan fingerprint density at radius 1 is 1.37 bits per heavy atom. The van der Waals surface area contributed by atoms with Crippen LogP contribution in [0.15, 0.2) is 17.1 Å². The Balaban J connectivity index is 2.43. The first kappa shape index (κ1) is 14.0. The van der Waals surface area contributed by atoms with Gasteiger partial charge in [0.15, 0.2) is 12.0 Å². The minimum atomic E-state index is -1.25. The zero-order chi connectivity index (χ0) is 14.2. The fraction of sp³-hybridized carbons (Fsp3) is 0.583. The largest absolute Gasteiger partial charge is 0.503 e. The summed E-state index contributed by atoms with van der Waals surface area (Å²) in [5.41, 5.74) is -0.206. The molecule has 1 saturated heterocycles. The van der Waals surface area contributed by atoms with E-state index in [4.69, 9.17) is 9.84 Å². The van der Waals surface area contributed by atoms with Crippen molar-refractivity contribution in [3.8, 4) is 5.75 Å². The van der Waals surface area contributed by atoms with Crippen molar-refractivity contribution in [2.24, 2.45) is 0 Å². The minimum Gasteiger partial charge on any atom is -0.503 e. The number of aromatic nitrogens is 1. The molecule has 2 rings (SSSR count). The molecular formula is C12H17NO6. The molecule has 1 aromatic heterocycles. The fourth-order valence-corrected chi connectivity index (χ4v) is 2.28. The van der Waals surface area contributed by atoms with E-state index in [0.717, 1.165) is 6.07 Å². The summed E-state index contributed by atoms with van der Waals surface area (Å²) in [5, 5.41) is 38.4. The number of aliphatic hydroxyl groups is 3. The standard InChI is InChI=1S/C12H17NO6/c1-2-6-9(16)7(15)3-4-13(6)12-11(18)10(17)8(5-14)19-12/h3-4,8,10-12,14,16-18H,2,5H2,1H3/t8-,10-,11-,12-/m1/s1. The number of ether oxygens (including phenoxy) is 1. The number of hydrogen-bond donors (Lipinski definition) is 4. The Morgan fingerprint density at radius 3 is 2.58 bits per heavy atom. The molecule has 1 aromatic rings. The van der Waals surface area contributed by atoms with Crippen LogP contribution < -0.4 is 5.43 Å². The monoisotopic (exact) mass is 271 g/mol. The van der Waals surface area contributed by atoms with Crippen molar-refractivity contribution < 1.29 is 25.2 Å². The molecule has 0 unspecified atom stereocenters. The van der Waals surface area contributed by atoms with Gasteiger partial charge in [0.05, 0.1) is 12.3 Å². The van der Waals surface area contributed by atoms with Crippen molar-refractivity contribution in [1.82, 2.24) is 4.57 Å². The van der Waals surface area contributed by atoms with Gasteiger partial charge in [0.1, 0.15) is 18.3 Å². The third-order valence-corrected chi connectivity index (χ3v) is 3.33. The second-order valence-electron chi connectivity index (χ2n) is 4.46. The Hall–Kier alpha value is -1.41. The highest BCUT2D eigenvalue weighted by molar-refractivity contribution is 5.27. The fourth-order valence-electron chi connectivity index (χ4n) is 2.28. The van der Waals surface area contributed by atoms with Crippen molar-refractivity contribution >= 4 is 0 Å². The predicted octanol–water partition coefficient (Wildman–Crippen LogP) is -1.27. The first-order valence-corrected chi connectivity index (χ1v) is 6.06. The number of pyridine rings is 1. The van der Waals surface area contributed by atoms with Crippen LogP contribution in [0.1, 0.15) is 18.8 Å². The number of nitrogens with zero attached hydrogens (tertiary/aromatic N) is 1. The minimum absolute atomic E-state index is 0.308. The summed E-state index contributed by atoms with van der Waals surface area (Å²) < 4.78 is 6.76. The van der Waals surface area contributed by atoms with Crippen LogP contribution in [0.4, 0.5) is 0 Å². The topological polar surface area (TPSA) is 112 Å². The van der Waals surface area contributed by atoms with E-state index >= 15 is 0 Å². The molecule has 0 amide bonds. The second-order valence-corrected chi connectivity index (χ2v) is 4.46. The van der Waals surface area contributed by atoms with Gasteiger partial charge in [-0.15, -0.1) is 0 Å². The SMILES string of the molecule is CCc1c(O)c(=O)ccn1[C@@H]1O[C@H](CO)[C@@H](O)[C@H]1O. The van der Waals surface area contributed by atoms with Gasteiger partial charge in [-0.1, -0.05) is 6.92 Å². The maximum atomic E-state index is 11.4. The number of aromatic hydroxyl groups is 1. The summed E-state index contributed by atoms with van der Waals surface area (Å²) in [7, 11) is 0. The highest BCUT2D eigenvalue weighted by Gasteiger charge is 2.43. The smallest absolute Gasteiger partial charge is 0.223 e. The summed E-state index contributed by atoms with van der Waals surface area (Å²) in [6.07, 6.45) is -2.57. The van der Waals surface area contributed by atoms with Crippen molar-refractivity contribution in [2.75, 3.05) is 6.61 Å². The van der Waals surface area contributed by atoms with E-state index in [0.29, 0.717) is 12.1 Å². The van der Waals surface area contributed by atoms with E-state index < -0.39 is 42.3 Å². The molecule has 0 saturated carbocycles. The zero-order valence-electron chi connectivity index (χ0n) is 10.4. The maximum Gasteiger partial charge on any atom is 0.223 e. The van der Waals surface area contributed by atoms with Crippen molar-refractivity contribution in [1.29, 1.82) is 0 Å². The van der Waals surface area contributed by atoms with Crippen LogP contribution in [0.3, 0.4) is 0 Å². The molecule has 0 bridgehead atoms. The number of rotatable bonds is 3. The van der Waals surface area contributed by atoms with Gasteiger partial charge in [-0.2, -0.15) is 0 Å². The number of aliphatic hydroxyl groups excluding tert-OH is 3. The predicted molar refractivity (Wildman–Crippen MR) is 64.8 cm³/mol. The van der Waals surface area contributed by atoms with Crippen LogP contribution >= 0.6 is 0 Å². The first-order valence-electron chi connectivity index (χ1n) is 6.06. The first-order chi connectivity index (χ1) is 9.01. The molecule has 0 spiro atoms. The highest BCUT2D eigenvalue weighted by Crippen LogP contribution is 2.31. The van der Waals surface area contributed by atoms with Gasteiger partial charge in [-0.3, -0.25) is 4.79 Å². The van der Waals surface area contributed by atoms with Crippen LogP contribution in [0.25, 0.3) is 0 Å². The molecular weight excluding hydrogens is 254 g/mol. The molecule has 1 aliphatic heterocycles. The van der Waals surface area contributed by atoms with Gasteiger partial charge in [0.25, 0.3) is 0 Å². The highest BCUT2D eigenvalue weighted by atomic mass is 16.6. The van der Waals surface area contributed by atoms with Crippen LogP contribution in [0.2, 0.25) is 0 Å². The Labute approximate surface area is 109 Å². The lowest BCUT2D eigenvalue weighted by Crippen LogP contribution is -2.33. The third-order valence-electron chi connectivity index (χ3n) is 3.33. The lowest BCUT2D eigenvalue weighted by molar-refractivity contribution is -0.0543. The van der Waals surface area contributed by atoms with Gasteiger partial charge in [0.2, 0.25) is 5.43 Å². The van der Waals surface area contributed by atoms with E-state index in [2.05, 4.69) is 0 Å². The second kappa shape index (κ2) is 5.30. The quantitative estimate of drug-likeness (QED) is 0.545. The van der Waals surface area contributed by atoms with Crippen LogP contribution in [0, 0.1) is 0 Å². The molecule has 1 aliphatic rings. The molecule has 19 heavy (non-hydrogen) atoms. The molecule has 7 heteroatoms. The Morgan fingerprint density at radius 2 is 2.05 bits per heavy atom. The lowest BCUT2D eigenvalue weighted by atomic mass is 10.1. The Bertz CT molecular complexity index is 513. The van der Waals surface area contributed by atoms with Crippen LogP contribution in [0.5, 0.6) is 5.75 Å². The molecule has 0 radical (unpaired) electrons. The maximum absolute atomic E-state index is 11.4. The van der Waals surface area contributed by atoms with Crippen molar-refractivity contribution in [3.05, 3.63) is 28.2 Å². The van der Waals surface area contributed by atoms with E-state index in [9.17, 15) is 20.1 Å². The number of hydrogen-bond acceptors (Lipinski definition) is 6. The zero-order valence-corrected chi connectivity index (χ0v) is 10.4. The summed E-state index contributed by atoms with van der Waals surface area (Å²) in [5.74, 6) is -0.400. The average Bonchev–Trinajstić information content (AvgIpc) is 2.69. The molecule has 7 nitrogen and oxygen atoms in total. The van der Waals surface area contributed by atoms with Gasteiger partial charge >= 0.3 is 0 Å². The molecule has 4 N–H and O–H groups in total. The average molecular weight is 271 g/mol. The summed E-state index contributed by atoms with van der Waals surface area (Å²) in [6, 6.07) is 1.16. The summed E-state index contributed by atoms with van der Waals surface area (Å²) >= 11 is 0. The van der Waals surface area contributed by atoms with Gasteiger partial charge in [0, 0.05) is 12.3 Å². The summed E-state index contributed by atoms with van der Waals surface area (Å²) in [6.45, 7) is 1.31. The van der Waals surface area contributed by atoms with Crippen molar-refractivity contribution in [3.63, 3.8) is 0 Å². The molecule has 0 aliphatic carbocycles. The van der Waals surface area contributed by atoms with E-state index in [-0.39, 0.29) is 0 Å². The third kappa shape index (κ3) is 2.25. The van der Waals surface area contributed by atoms with Crippen LogP contribution in [-0.2, 0) is 11.2 Å². The van der Waals surface area contributed by atoms with E-state index in [1.165, 1.54) is 10.8 Å². The molecule has 0 aromatic carbocycles. The lowest BCUT2D eigenvalue weighted by Gasteiger charge is -2.22. The molecule has 4 atom stereocenters. The molecule has 106 valence electrons. The summed E-state index contributed by atoms with van der Waals surface area (Å²) in [4.78, 5) is 11.4. The van der Waals surface area contributed by atoms with Gasteiger partial charge in [-0.25, -0.2) is 0 Å².